The Morgan fingerprint density at radius 1 is 0.913 bits per heavy atom. The van der Waals surface area contributed by atoms with Gasteiger partial charge in [-0.3, -0.25) is 9.59 Å². The Bertz CT molecular complexity index is 724. The van der Waals surface area contributed by atoms with Crippen LogP contribution in [0.25, 0.3) is 0 Å². The number of nitrogens with one attached hydrogen (secondary N) is 2. The minimum atomic E-state index is -1.22. The van der Waals surface area contributed by atoms with Crippen molar-refractivity contribution >= 4 is 34.8 Å². The van der Waals surface area contributed by atoms with Crippen LogP contribution in [0.1, 0.15) is 19.4 Å². The highest BCUT2D eigenvalue weighted by Gasteiger charge is 2.36. The third kappa shape index (κ3) is 4.33. The number of carbonyl (C=O) groups is 2. The summed E-state index contributed by atoms with van der Waals surface area (Å²) < 4.78 is 0. The van der Waals surface area contributed by atoms with Crippen LogP contribution < -0.4 is 10.6 Å². The lowest BCUT2D eigenvalue weighted by molar-refractivity contribution is -0.135. The number of rotatable bonds is 4. The van der Waals surface area contributed by atoms with E-state index in [9.17, 15) is 9.59 Å². The first-order chi connectivity index (χ1) is 10.8. The van der Waals surface area contributed by atoms with Gasteiger partial charge in [0.2, 0.25) is 11.8 Å². The highest BCUT2D eigenvalue weighted by Crippen LogP contribution is 2.22. The summed E-state index contributed by atoms with van der Waals surface area (Å²) in [5, 5.41) is 6.09. The summed E-state index contributed by atoms with van der Waals surface area (Å²) in [5.74, 6) is -0.750. The quantitative estimate of drug-likeness (QED) is 0.823. The molecule has 5 heteroatoms. The maximum atomic E-state index is 12.4. The molecule has 0 radical (unpaired) electrons. The Hall–Kier alpha value is -2.33. The largest absolute Gasteiger partial charge is 0.325 e. The number of aryl methyl sites for hydroxylation is 1. The molecule has 2 aromatic carbocycles. The minimum Gasteiger partial charge on any atom is -0.325 e. The van der Waals surface area contributed by atoms with Gasteiger partial charge in [-0.05, 0) is 62.7 Å². The van der Waals surface area contributed by atoms with Gasteiger partial charge >= 0.3 is 0 Å². The lowest BCUT2D eigenvalue weighted by Gasteiger charge is -2.23. The second kappa shape index (κ2) is 6.84. The van der Waals surface area contributed by atoms with Crippen molar-refractivity contribution < 1.29 is 9.59 Å². The zero-order valence-corrected chi connectivity index (χ0v) is 14.1. The van der Waals surface area contributed by atoms with E-state index in [2.05, 4.69) is 10.6 Å². The Kier molecular flexibility index (Phi) is 5.06. The van der Waals surface area contributed by atoms with Crippen molar-refractivity contribution in [3.05, 3.63) is 59.1 Å². The van der Waals surface area contributed by atoms with Gasteiger partial charge < -0.3 is 10.6 Å². The molecule has 0 atom stereocenters. The predicted octanol–water partition coefficient (Wildman–Crippen LogP) is 4.25. The molecule has 120 valence electrons. The van der Waals surface area contributed by atoms with Gasteiger partial charge in [-0.1, -0.05) is 23.7 Å². The molecule has 2 aromatic rings. The van der Waals surface area contributed by atoms with Gasteiger partial charge in [0.05, 0.1) is 0 Å². The maximum absolute atomic E-state index is 12.4. The smallest absolute Gasteiger partial charge is 0.239 e. The Balaban J connectivity index is 2.08. The Labute approximate surface area is 140 Å². The number of amides is 2. The third-order valence-electron chi connectivity index (χ3n) is 3.51. The summed E-state index contributed by atoms with van der Waals surface area (Å²) in [6, 6.07) is 14.2. The molecule has 0 unspecified atom stereocenters. The van der Waals surface area contributed by atoms with Crippen molar-refractivity contribution in [3.63, 3.8) is 0 Å². The minimum absolute atomic E-state index is 0.366. The zero-order chi connectivity index (χ0) is 17.0. The van der Waals surface area contributed by atoms with E-state index in [1.807, 2.05) is 25.1 Å². The molecule has 0 bridgehead atoms. The molecule has 0 heterocycles. The molecule has 0 fully saturated rings. The van der Waals surface area contributed by atoms with Crippen LogP contribution in [0.5, 0.6) is 0 Å². The standard InChI is InChI=1S/C18H19ClN2O2/c1-12-5-4-6-15(11-12)21-17(23)18(2,3)16(22)20-14-9-7-13(19)8-10-14/h4-11H,1-3H3,(H,20,22)(H,21,23). The van der Waals surface area contributed by atoms with E-state index in [1.54, 1.807) is 44.2 Å². The average Bonchev–Trinajstić information content (AvgIpc) is 2.49. The topological polar surface area (TPSA) is 58.2 Å². The van der Waals surface area contributed by atoms with Crippen molar-refractivity contribution in [1.29, 1.82) is 0 Å². The van der Waals surface area contributed by atoms with Crippen LogP contribution in [0, 0.1) is 12.3 Å². The summed E-state index contributed by atoms with van der Waals surface area (Å²) in [7, 11) is 0. The predicted molar refractivity (Wildman–Crippen MR) is 93.7 cm³/mol. The van der Waals surface area contributed by atoms with E-state index in [0.29, 0.717) is 16.4 Å². The summed E-state index contributed by atoms with van der Waals surface area (Å²) >= 11 is 5.81. The van der Waals surface area contributed by atoms with Crippen molar-refractivity contribution in [2.75, 3.05) is 10.6 Å². The highest BCUT2D eigenvalue weighted by molar-refractivity contribution is 6.30. The lowest BCUT2D eigenvalue weighted by Crippen LogP contribution is -2.41. The van der Waals surface area contributed by atoms with E-state index in [0.717, 1.165) is 5.56 Å². The molecule has 4 nitrogen and oxygen atoms in total. The number of anilines is 2. The molecule has 0 saturated carbocycles. The van der Waals surface area contributed by atoms with Crippen molar-refractivity contribution in [1.82, 2.24) is 0 Å². The van der Waals surface area contributed by atoms with Gasteiger partial charge in [0.15, 0.2) is 0 Å². The van der Waals surface area contributed by atoms with Crippen LogP contribution in [0.3, 0.4) is 0 Å². The van der Waals surface area contributed by atoms with Crippen LogP contribution in [0.15, 0.2) is 48.5 Å². The first-order valence-corrected chi connectivity index (χ1v) is 7.62. The van der Waals surface area contributed by atoms with Crippen LogP contribution in [0.2, 0.25) is 5.02 Å². The number of hydrogen-bond acceptors (Lipinski definition) is 2. The van der Waals surface area contributed by atoms with Crippen LogP contribution >= 0.6 is 11.6 Å². The molecule has 2 N–H and O–H groups in total. The fourth-order valence-corrected chi connectivity index (χ4v) is 2.06. The molecule has 0 aliphatic rings. The van der Waals surface area contributed by atoms with Gasteiger partial charge in [0, 0.05) is 16.4 Å². The van der Waals surface area contributed by atoms with Crippen molar-refractivity contribution in [2.24, 2.45) is 5.41 Å². The molecule has 2 amide bonds. The molecule has 0 aromatic heterocycles. The van der Waals surface area contributed by atoms with Gasteiger partial charge in [0.1, 0.15) is 5.41 Å². The van der Waals surface area contributed by atoms with Gasteiger partial charge in [0.25, 0.3) is 0 Å². The lowest BCUT2D eigenvalue weighted by atomic mass is 9.90. The molecule has 0 spiro atoms. The SMILES string of the molecule is Cc1cccc(NC(=O)C(C)(C)C(=O)Nc2ccc(Cl)cc2)c1. The molecule has 0 saturated heterocycles. The summed E-state index contributed by atoms with van der Waals surface area (Å²) in [5.41, 5.74) is 1.08. The summed E-state index contributed by atoms with van der Waals surface area (Å²) in [4.78, 5) is 24.9. The van der Waals surface area contributed by atoms with Crippen LogP contribution in [-0.4, -0.2) is 11.8 Å². The fraction of sp³-hybridized carbons (Fsp3) is 0.222. The van der Waals surface area contributed by atoms with Gasteiger partial charge in [-0.15, -0.1) is 0 Å². The summed E-state index contributed by atoms with van der Waals surface area (Å²) in [6.07, 6.45) is 0. The normalized spacial score (nSPS) is 11.0. The van der Waals surface area contributed by atoms with E-state index < -0.39 is 5.41 Å². The molecule has 2 rings (SSSR count). The zero-order valence-electron chi connectivity index (χ0n) is 13.3. The van der Waals surface area contributed by atoms with Crippen LogP contribution in [0.4, 0.5) is 11.4 Å². The highest BCUT2D eigenvalue weighted by atomic mass is 35.5. The number of halogens is 1. The number of hydrogen-bond donors (Lipinski definition) is 2. The molecular formula is C18H19ClN2O2. The van der Waals surface area contributed by atoms with E-state index in [1.165, 1.54) is 0 Å². The molecule has 0 aliphatic heterocycles. The van der Waals surface area contributed by atoms with E-state index >= 15 is 0 Å². The maximum Gasteiger partial charge on any atom is 0.239 e. The fourth-order valence-electron chi connectivity index (χ4n) is 1.93. The number of benzene rings is 2. The van der Waals surface area contributed by atoms with Crippen molar-refractivity contribution in [2.45, 2.75) is 20.8 Å². The van der Waals surface area contributed by atoms with Crippen molar-refractivity contribution in [3.8, 4) is 0 Å². The van der Waals surface area contributed by atoms with Gasteiger partial charge in [-0.25, -0.2) is 0 Å². The second-order valence-corrected chi connectivity index (χ2v) is 6.35. The summed E-state index contributed by atoms with van der Waals surface area (Å²) in [6.45, 7) is 5.11. The average molecular weight is 331 g/mol. The molecule has 23 heavy (non-hydrogen) atoms. The first kappa shape index (κ1) is 17.0. The molecular weight excluding hydrogens is 312 g/mol. The Morgan fingerprint density at radius 2 is 1.48 bits per heavy atom. The Morgan fingerprint density at radius 3 is 2.04 bits per heavy atom. The van der Waals surface area contributed by atoms with E-state index in [-0.39, 0.29) is 11.8 Å². The molecule has 0 aliphatic carbocycles. The number of carbonyl (C=O) groups excluding carboxylic acids is 2. The third-order valence-corrected chi connectivity index (χ3v) is 3.77. The monoisotopic (exact) mass is 330 g/mol. The first-order valence-electron chi connectivity index (χ1n) is 7.24. The van der Waals surface area contributed by atoms with Gasteiger partial charge in [-0.2, -0.15) is 0 Å². The second-order valence-electron chi connectivity index (χ2n) is 5.91. The van der Waals surface area contributed by atoms with E-state index in [4.69, 9.17) is 11.6 Å². The van der Waals surface area contributed by atoms with Crippen LogP contribution in [-0.2, 0) is 9.59 Å².